The zero-order chi connectivity index (χ0) is 16.2. The minimum absolute atomic E-state index is 0.485. The first kappa shape index (κ1) is 17.7. The highest BCUT2D eigenvalue weighted by Crippen LogP contribution is 2.40. The van der Waals surface area contributed by atoms with Gasteiger partial charge in [0, 0.05) is 12.1 Å². The minimum Gasteiger partial charge on any atom is -0.328 e. The van der Waals surface area contributed by atoms with Crippen LogP contribution in [0.5, 0.6) is 0 Å². The normalized spacial score (nSPS) is 45.8. The third kappa shape index (κ3) is 5.19. The van der Waals surface area contributed by atoms with Crippen LogP contribution in [0, 0.1) is 29.6 Å². The lowest BCUT2D eigenvalue weighted by Gasteiger charge is -2.39. The van der Waals surface area contributed by atoms with E-state index in [4.69, 9.17) is 11.5 Å². The van der Waals surface area contributed by atoms with Crippen LogP contribution in [0.2, 0.25) is 0 Å². The Morgan fingerprint density at radius 3 is 1.87 bits per heavy atom. The maximum Gasteiger partial charge on any atom is 0.00699 e. The van der Waals surface area contributed by atoms with Crippen LogP contribution in [0.25, 0.3) is 0 Å². The summed E-state index contributed by atoms with van der Waals surface area (Å²) in [6.07, 6.45) is 18.1. The average Bonchev–Trinajstić information content (AvgIpc) is 2.54. The molecule has 2 nitrogen and oxygen atoms in total. The van der Waals surface area contributed by atoms with E-state index < -0.39 is 0 Å². The second-order valence-electron chi connectivity index (χ2n) is 9.48. The average molecular weight is 321 g/mol. The molecule has 0 bridgehead atoms. The summed E-state index contributed by atoms with van der Waals surface area (Å²) in [5, 5.41) is 0. The van der Waals surface area contributed by atoms with Crippen molar-refractivity contribution in [3.63, 3.8) is 0 Å². The Morgan fingerprint density at radius 2 is 1.22 bits per heavy atom. The Hall–Kier alpha value is -0.0800. The maximum atomic E-state index is 6.62. The van der Waals surface area contributed by atoms with Gasteiger partial charge in [0.05, 0.1) is 0 Å². The second kappa shape index (κ2) is 8.34. The summed E-state index contributed by atoms with van der Waals surface area (Å²) < 4.78 is 0. The highest BCUT2D eigenvalue weighted by atomic mass is 14.7. The molecule has 0 aromatic carbocycles. The Labute approximate surface area is 144 Å². The Bertz CT molecular complexity index is 340. The second-order valence-corrected chi connectivity index (χ2v) is 9.48. The SMILES string of the molecule is CC1CCC(CC2CCC(CC3CCC(N)CC3)CC2N)CC1. The van der Waals surface area contributed by atoms with Gasteiger partial charge in [-0.3, -0.25) is 0 Å². The highest BCUT2D eigenvalue weighted by molar-refractivity contribution is 4.87. The molecule has 0 radical (unpaired) electrons. The fourth-order valence-corrected chi connectivity index (χ4v) is 5.75. The molecule has 0 aliphatic heterocycles. The van der Waals surface area contributed by atoms with Gasteiger partial charge in [-0.15, -0.1) is 0 Å². The molecule has 3 saturated carbocycles. The number of hydrogen-bond acceptors (Lipinski definition) is 2. The van der Waals surface area contributed by atoms with Crippen LogP contribution in [-0.2, 0) is 0 Å². The van der Waals surface area contributed by atoms with Gasteiger partial charge in [-0.2, -0.15) is 0 Å². The van der Waals surface area contributed by atoms with Crippen LogP contribution < -0.4 is 11.5 Å². The number of hydrogen-bond donors (Lipinski definition) is 2. The van der Waals surface area contributed by atoms with E-state index >= 15 is 0 Å². The third-order valence-electron chi connectivity index (χ3n) is 7.49. The van der Waals surface area contributed by atoms with Crippen molar-refractivity contribution in [2.45, 2.75) is 102 Å². The van der Waals surface area contributed by atoms with Crippen LogP contribution >= 0.6 is 0 Å². The lowest BCUT2D eigenvalue weighted by molar-refractivity contribution is 0.153. The van der Waals surface area contributed by atoms with Gasteiger partial charge in [0.2, 0.25) is 0 Å². The Morgan fingerprint density at radius 1 is 0.652 bits per heavy atom. The first-order valence-electron chi connectivity index (χ1n) is 10.6. The largest absolute Gasteiger partial charge is 0.328 e. The Balaban J connectivity index is 1.39. The molecule has 0 amide bonds. The third-order valence-corrected chi connectivity index (χ3v) is 7.49. The molecular weight excluding hydrogens is 280 g/mol. The minimum atomic E-state index is 0.485. The molecule has 3 atom stereocenters. The predicted octanol–water partition coefficient (Wildman–Crippen LogP) is 4.85. The molecule has 23 heavy (non-hydrogen) atoms. The van der Waals surface area contributed by atoms with Crippen LogP contribution in [-0.4, -0.2) is 12.1 Å². The van der Waals surface area contributed by atoms with Gasteiger partial charge in [0.25, 0.3) is 0 Å². The molecule has 3 unspecified atom stereocenters. The monoisotopic (exact) mass is 320 g/mol. The van der Waals surface area contributed by atoms with Gasteiger partial charge in [-0.05, 0) is 81.0 Å². The van der Waals surface area contributed by atoms with Crippen molar-refractivity contribution in [2.24, 2.45) is 41.1 Å². The first-order chi connectivity index (χ1) is 11.1. The van der Waals surface area contributed by atoms with Gasteiger partial charge in [0.1, 0.15) is 0 Å². The molecule has 0 heterocycles. The summed E-state index contributed by atoms with van der Waals surface area (Å²) in [4.78, 5) is 0. The highest BCUT2D eigenvalue weighted by Gasteiger charge is 2.32. The quantitative estimate of drug-likeness (QED) is 0.777. The van der Waals surface area contributed by atoms with E-state index in [0.29, 0.717) is 12.1 Å². The van der Waals surface area contributed by atoms with E-state index in [1.54, 1.807) is 0 Å². The summed E-state index contributed by atoms with van der Waals surface area (Å²) in [6, 6.07) is 0.974. The van der Waals surface area contributed by atoms with Crippen molar-refractivity contribution in [3.05, 3.63) is 0 Å². The van der Waals surface area contributed by atoms with Crippen molar-refractivity contribution in [2.75, 3.05) is 0 Å². The number of nitrogens with two attached hydrogens (primary N) is 2. The fraction of sp³-hybridized carbons (Fsp3) is 1.00. The van der Waals surface area contributed by atoms with E-state index in [2.05, 4.69) is 6.92 Å². The van der Waals surface area contributed by atoms with Crippen molar-refractivity contribution < 1.29 is 0 Å². The van der Waals surface area contributed by atoms with E-state index in [-0.39, 0.29) is 0 Å². The van der Waals surface area contributed by atoms with Gasteiger partial charge < -0.3 is 11.5 Å². The van der Waals surface area contributed by atoms with E-state index in [1.807, 2.05) is 0 Å². The lowest BCUT2D eigenvalue weighted by Crippen LogP contribution is -2.38. The topological polar surface area (TPSA) is 52.0 Å². The van der Waals surface area contributed by atoms with Gasteiger partial charge >= 0.3 is 0 Å². The lowest BCUT2D eigenvalue weighted by atomic mass is 9.69. The van der Waals surface area contributed by atoms with Gasteiger partial charge in [-0.25, -0.2) is 0 Å². The fourth-order valence-electron chi connectivity index (χ4n) is 5.75. The van der Waals surface area contributed by atoms with Crippen molar-refractivity contribution in [1.29, 1.82) is 0 Å². The summed E-state index contributed by atoms with van der Waals surface area (Å²) in [5.74, 6) is 4.64. The molecule has 3 rings (SSSR count). The van der Waals surface area contributed by atoms with Crippen LogP contribution in [0.1, 0.15) is 90.4 Å². The van der Waals surface area contributed by atoms with E-state index in [1.165, 1.54) is 83.5 Å². The van der Waals surface area contributed by atoms with Crippen molar-refractivity contribution >= 4 is 0 Å². The zero-order valence-corrected chi connectivity index (χ0v) is 15.4. The molecule has 134 valence electrons. The van der Waals surface area contributed by atoms with Gasteiger partial charge in [-0.1, -0.05) is 39.0 Å². The standard InChI is InChI=1S/C21H40N2/c1-15-2-4-17(5-3-15)13-19-9-6-18(14-21(19)23)12-16-7-10-20(22)11-8-16/h15-21H,2-14,22-23H2,1H3. The van der Waals surface area contributed by atoms with Crippen LogP contribution in [0.15, 0.2) is 0 Å². The molecule has 3 fully saturated rings. The molecule has 3 aliphatic carbocycles. The van der Waals surface area contributed by atoms with Gasteiger partial charge in [0.15, 0.2) is 0 Å². The molecule has 0 aromatic rings. The molecule has 0 aromatic heterocycles. The van der Waals surface area contributed by atoms with Crippen LogP contribution in [0.4, 0.5) is 0 Å². The Kier molecular flexibility index (Phi) is 6.43. The smallest absolute Gasteiger partial charge is 0.00699 e. The van der Waals surface area contributed by atoms with Crippen molar-refractivity contribution in [3.8, 4) is 0 Å². The molecule has 0 spiro atoms. The van der Waals surface area contributed by atoms with Crippen molar-refractivity contribution in [1.82, 2.24) is 0 Å². The molecular formula is C21H40N2. The summed E-state index contributed by atoms with van der Waals surface area (Å²) >= 11 is 0. The molecule has 0 saturated heterocycles. The summed E-state index contributed by atoms with van der Waals surface area (Å²) in [7, 11) is 0. The van der Waals surface area contributed by atoms with E-state index in [0.717, 1.165) is 29.6 Å². The zero-order valence-electron chi connectivity index (χ0n) is 15.4. The summed E-state index contributed by atoms with van der Waals surface area (Å²) in [6.45, 7) is 2.42. The number of rotatable bonds is 4. The molecule has 3 aliphatic rings. The van der Waals surface area contributed by atoms with Crippen LogP contribution in [0.3, 0.4) is 0 Å². The first-order valence-corrected chi connectivity index (χ1v) is 10.6. The molecule has 4 N–H and O–H groups in total. The molecule has 2 heteroatoms. The predicted molar refractivity (Wildman–Crippen MR) is 99.1 cm³/mol. The van der Waals surface area contributed by atoms with E-state index in [9.17, 15) is 0 Å². The summed E-state index contributed by atoms with van der Waals surface area (Å²) in [5.41, 5.74) is 12.7. The maximum absolute atomic E-state index is 6.62.